The molecule has 3 N–H and O–H groups in total. The van der Waals surface area contributed by atoms with Gasteiger partial charge >= 0.3 is 0 Å². The lowest BCUT2D eigenvalue weighted by Crippen LogP contribution is -2.28. The van der Waals surface area contributed by atoms with Crippen molar-refractivity contribution in [2.45, 2.75) is 12.5 Å². The third-order valence-electron chi connectivity index (χ3n) is 1.74. The second kappa shape index (κ2) is 5.99. The van der Waals surface area contributed by atoms with Crippen LogP contribution in [0.25, 0.3) is 0 Å². The van der Waals surface area contributed by atoms with Crippen molar-refractivity contribution in [1.29, 1.82) is 0 Å². The van der Waals surface area contributed by atoms with Crippen molar-refractivity contribution in [2.75, 3.05) is 19.0 Å². The van der Waals surface area contributed by atoms with Crippen LogP contribution in [0, 0.1) is 0 Å². The highest BCUT2D eigenvalue weighted by molar-refractivity contribution is 5.89. The summed E-state index contributed by atoms with van der Waals surface area (Å²) >= 11 is 0. The fraction of sp³-hybridized carbons (Fsp3) is 0.500. The lowest BCUT2D eigenvalue weighted by Gasteiger charge is -2.11. The first-order valence-corrected chi connectivity index (χ1v) is 4.42. The maximum atomic E-state index is 11.4. The first-order chi connectivity index (χ1) is 7.26. The highest BCUT2D eigenvalue weighted by atomic mass is 16.5. The van der Waals surface area contributed by atoms with Crippen molar-refractivity contribution in [3.8, 4) is 0 Å². The summed E-state index contributed by atoms with van der Waals surface area (Å²) in [6, 6.07) is 0. The average Bonchev–Trinajstić information content (AvgIpc) is 2.27. The van der Waals surface area contributed by atoms with Crippen molar-refractivity contribution < 1.29 is 9.53 Å². The van der Waals surface area contributed by atoms with E-state index in [9.17, 15) is 4.79 Å². The number of methoxy groups -OCH3 is 1. The van der Waals surface area contributed by atoms with E-state index in [1.165, 1.54) is 19.5 Å². The summed E-state index contributed by atoms with van der Waals surface area (Å²) in [5.41, 5.74) is 5.38. The van der Waals surface area contributed by atoms with Crippen LogP contribution >= 0.6 is 0 Å². The number of nitrogens with zero attached hydrogens (tertiary/aromatic N) is 3. The molecule has 0 aliphatic rings. The molecule has 15 heavy (non-hydrogen) atoms. The predicted molar refractivity (Wildman–Crippen MR) is 52.9 cm³/mol. The summed E-state index contributed by atoms with van der Waals surface area (Å²) in [6.07, 6.45) is 2.75. The Morgan fingerprint density at radius 2 is 2.47 bits per heavy atom. The van der Waals surface area contributed by atoms with Gasteiger partial charge in [-0.2, -0.15) is 5.10 Å². The first-order valence-electron chi connectivity index (χ1n) is 4.42. The lowest BCUT2D eigenvalue weighted by molar-refractivity contribution is -0.118. The van der Waals surface area contributed by atoms with Gasteiger partial charge in [-0.15, -0.1) is 5.10 Å². The van der Waals surface area contributed by atoms with Crippen LogP contribution in [0.5, 0.6) is 0 Å². The van der Waals surface area contributed by atoms with E-state index in [0.29, 0.717) is 0 Å². The number of carbonyl (C=O) groups excluding carboxylic acids is 1. The number of hydrogen-bond acceptors (Lipinski definition) is 6. The molecular formula is C8H13N5O2. The van der Waals surface area contributed by atoms with E-state index in [4.69, 9.17) is 10.5 Å². The monoisotopic (exact) mass is 211 g/mol. The van der Waals surface area contributed by atoms with E-state index < -0.39 is 0 Å². The Hall–Kier alpha value is -1.60. The van der Waals surface area contributed by atoms with E-state index in [0.717, 1.165) is 0 Å². The van der Waals surface area contributed by atoms with Crippen LogP contribution in [0.15, 0.2) is 12.4 Å². The van der Waals surface area contributed by atoms with Gasteiger partial charge in [-0.3, -0.25) is 10.1 Å². The van der Waals surface area contributed by atoms with Crippen LogP contribution in [0.4, 0.5) is 5.95 Å². The van der Waals surface area contributed by atoms with E-state index in [1.54, 1.807) is 0 Å². The zero-order valence-corrected chi connectivity index (χ0v) is 8.38. The number of rotatable bonds is 5. The summed E-state index contributed by atoms with van der Waals surface area (Å²) in [7, 11) is 1.51. The zero-order chi connectivity index (χ0) is 11.1. The summed E-state index contributed by atoms with van der Waals surface area (Å²) in [5.74, 6) is -0.0744. The van der Waals surface area contributed by atoms with Crippen LogP contribution in [0.2, 0.25) is 0 Å². The molecule has 1 atom stereocenters. The molecule has 1 heterocycles. The van der Waals surface area contributed by atoms with Crippen LogP contribution in [0.3, 0.4) is 0 Å². The quantitative estimate of drug-likeness (QED) is 0.659. The fourth-order valence-corrected chi connectivity index (χ4v) is 0.950. The molecule has 0 spiro atoms. The molecule has 1 amide bonds. The van der Waals surface area contributed by atoms with Crippen molar-refractivity contribution >= 4 is 11.9 Å². The van der Waals surface area contributed by atoms with Crippen LogP contribution in [-0.2, 0) is 9.53 Å². The Labute approximate surface area is 87.0 Å². The molecule has 7 heteroatoms. The summed E-state index contributed by atoms with van der Waals surface area (Å²) in [4.78, 5) is 15.2. The number of hydrogen-bond donors (Lipinski definition) is 2. The third kappa shape index (κ3) is 3.96. The maximum absolute atomic E-state index is 11.4. The Bertz CT molecular complexity index is 301. The van der Waals surface area contributed by atoms with Crippen molar-refractivity contribution in [3.63, 3.8) is 0 Å². The van der Waals surface area contributed by atoms with Crippen LogP contribution < -0.4 is 11.1 Å². The van der Waals surface area contributed by atoms with Gasteiger partial charge in [0, 0.05) is 13.7 Å². The minimum Gasteiger partial charge on any atom is -0.380 e. The maximum Gasteiger partial charge on any atom is 0.249 e. The van der Waals surface area contributed by atoms with Crippen molar-refractivity contribution in [1.82, 2.24) is 15.2 Å². The van der Waals surface area contributed by atoms with E-state index in [2.05, 4.69) is 20.5 Å². The van der Waals surface area contributed by atoms with E-state index >= 15 is 0 Å². The minimum atomic E-state index is -0.290. The minimum absolute atomic E-state index is 0.172. The molecule has 7 nitrogen and oxygen atoms in total. The fourth-order valence-electron chi connectivity index (χ4n) is 0.950. The first kappa shape index (κ1) is 11.5. The van der Waals surface area contributed by atoms with E-state index in [-0.39, 0.29) is 30.9 Å². The van der Waals surface area contributed by atoms with Gasteiger partial charge in [0.1, 0.15) is 0 Å². The molecule has 0 saturated carbocycles. The number of carbonyl (C=O) groups is 1. The molecule has 0 aliphatic heterocycles. The SMILES string of the molecule is COC(CN)CC(=O)Nc1nccnn1. The Balaban J connectivity index is 2.43. The Morgan fingerprint density at radius 1 is 1.67 bits per heavy atom. The second-order valence-corrected chi connectivity index (χ2v) is 2.81. The van der Waals surface area contributed by atoms with Gasteiger partial charge in [-0.05, 0) is 0 Å². The molecule has 1 unspecified atom stereocenters. The van der Waals surface area contributed by atoms with Gasteiger partial charge in [-0.1, -0.05) is 0 Å². The molecule has 1 aromatic heterocycles. The Kier molecular flexibility index (Phi) is 4.58. The molecule has 1 rings (SSSR count). The molecule has 0 saturated heterocycles. The lowest BCUT2D eigenvalue weighted by atomic mass is 10.2. The predicted octanol–water partition coefficient (Wildman–Crippen LogP) is -0.826. The van der Waals surface area contributed by atoms with E-state index in [1.807, 2.05) is 0 Å². The van der Waals surface area contributed by atoms with Crippen molar-refractivity contribution in [2.24, 2.45) is 5.73 Å². The smallest absolute Gasteiger partial charge is 0.249 e. The van der Waals surface area contributed by atoms with Gasteiger partial charge in [0.15, 0.2) is 0 Å². The molecule has 0 aromatic carbocycles. The number of anilines is 1. The van der Waals surface area contributed by atoms with Gasteiger partial charge in [0.2, 0.25) is 11.9 Å². The highest BCUT2D eigenvalue weighted by Gasteiger charge is 2.12. The molecular weight excluding hydrogens is 198 g/mol. The molecule has 0 fully saturated rings. The highest BCUT2D eigenvalue weighted by Crippen LogP contribution is 1.99. The normalized spacial score (nSPS) is 12.1. The topological polar surface area (TPSA) is 103 Å². The third-order valence-corrected chi connectivity index (χ3v) is 1.74. The van der Waals surface area contributed by atoms with Crippen molar-refractivity contribution in [3.05, 3.63) is 12.4 Å². The standard InChI is InChI=1S/C8H13N5O2/c1-15-6(5-9)4-7(14)12-8-10-2-3-11-13-8/h2-3,6H,4-5,9H2,1H3,(H,10,12,13,14). The van der Waals surface area contributed by atoms with Gasteiger partial charge in [-0.25, -0.2) is 4.98 Å². The number of ether oxygens (including phenoxy) is 1. The number of amides is 1. The number of nitrogens with two attached hydrogens (primary N) is 1. The molecule has 0 bridgehead atoms. The van der Waals surface area contributed by atoms with Crippen LogP contribution in [-0.4, -0.2) is 40.8 Å². The van der Waals surface area contributed by atoms with Crippen LogP contribution in [0.1, 0.15) is 6.42 Å². The summed E-state index contributed by atoms with van der Waals surface area (Å²) in [5, 5.41) is 9.67. The number of nitrogens with one attached hydrogen (secondary N) is 1. The summed E-state index contributed by atoms with van der Waals surface area (Å²) in [6.45, 7) is 0.290. The molecule has 82 valence electrons. The average molecular weight is 211 g/mol. The number of aromatic nitrogens is 3. The molecule has 1 aromatic rings. The molecule has 0 aliphatic carbocycles. The Morgan fingerprint density at radius 3 is 3.00 bits per heavy atom. The zero-order valence-electron chi connectivity index (χ0n) is 8.38. The second-order valence-electron chi connectivity index (χ2n) is 2.81. The molecule has 0 radical (unpaired) electrons. The van der Waals surface area contributed by atoms with Gasteiger partial charge in [0.05, 0.1) is 24.9 Å². The van der Waals surface area contributed by atoms with Gasteiger partial charge < -0.3 is 10.5 Å². The van der Waals surface area contributed by atoms with Gasteiger partial charge in [0.25, 0.3) is 0 Å². The largest absolute Gasteiger partial charge is 0.380 e. The summed E-state index contributed by atoms with van der Waals surface area (Å²) < 4.78 is 4.97.